The number of aliphatic carboxylic acids is 1. The van der Waals surface area contributed by atoms with Crippen molar-refractivity contribution >= 4 is 11.9 Å². The lowest BCUT2D eigenvalue weighted by Crippen LogP contribution is -2.35. The van der Waals surface area contributed by atoms with Gasteiger partial charge in [-0.15, -0.1) is 0 Å². The standard InChI is InChI=1S/C17H27N3O3/c1-13-7-4-5-8-15(13)20-12-14(11-18)17(23)19-10-6-2-3-9-16(21)22/h12-13,15,20H,2-10H2,1H3,(H,19,23)(H,21,22)/b14-12-. The molecule has 1 saturated carbocycles. The van der Waals surface area contributed by atoms with Crippen LogP contribution in [0.2, 0.25) is 0 Å². The number of nitrogens with zero attached hydrogens (tertiary/aromatic N) is 1. The van der Waals surface area contributed by atoms with Gasteiger partial charge in [0.2, 0.25) is 0 Å². The molecule has 0 aliphatic heterocycles. The molecule has 0 radical (unpaired) electrons. The second kappa shape index (κ2) is 10.7. The van der Waals surface area contributed by atoms with Crippen molar-refractivity contribution in [3.63, 3.8) is 0 Å². The van der Waals surface area contributed by atoms with Crippen molar-refractivity contribution in [1.82, 2.24) is 10.6 Å². The maximum Gasteiger partial charge on any atom is 0.303 e. The Hall–Kier alpha value is -2.03. The number of carbonyl (C=O) groups excluding carboxylic acids is 1. The number of nitriles is 1. The van der Waals surface area contributed by atoms with Gasteiger partial charge in [0, 0.05) is 25.2 Å². The molecule has 1 amide bonds. The minimum atomic E-state index is -0.799. The quantitative estimate of drug-likeness (QED) is 0.343. The molecule has 2 atom stereocenters. The molecule has 0 bridgehead atoms. The summed E-state index contributed by atoms with van der Waals surface area (Å²) in [5.41, 5.74) is 0.0910. The first-order valence-corrected chi connectivity index (χ1v) is 8.41. The number of rotatable bonds is 9. The number of amides is 1. The summed E-state index contributed by atoms with van der Waals surface area (Å²) in [6, 6.07) is 2.26. The van der Waals surface area contributed by atoms with Crippen LogP contribution in [-0.4, -0.2) is 29.6 Å². The molecule has 1 aliphatic carbocycles. The molecule has 23 heavy (non-hydrogen) atoms. The molecule has 0 saturated heterocycles. The molecular formula is C17H27N3O3. The summed E-state index contributed by atoms with van der Waals surface area (Å²) in [7, 11) is 0. The van der Waals surface area contributed by atoms with Crippen LogP contribution in [0.3, 0.4) is 0 Å². The fraction of sp³-hybridized carbons (Fsp3) is 0.706. The number of nitrogens with one attached hydrogen (secondary N) is 2. The number of carboxylic acids is 1. The maximum atomic E-state index is 11.9. The molecule has 1 rings (SSSR count). The second-order valence-electron chi connectivity index (χ2n) is 6.17. The van der Waals surface area contributed by atoms with Gasteiger partial charge in [0.15, 0.2) is 0 Å². The first-order valence-electron chi connectivity index (χ1n) is 8.41. The number of carbonyl (C=O) groups is 2. The topological polar surface area (TPSA) is 102 Å². The normalized spacial score (nSPS) is 21.3. The van der Waals surface area contributed by atoms with Gasteiger partial charge in [0.05, 0.1) is 0 Å². The Morgan fingerprint density at radius 2 is 2.00 bits per heavy atom. The zero-order valence-corrected chi connectivity index (χ0v) is 13.8. The van der Waals surface area contributed by atoms with Crippen molar-refractivity contribution < 1.29 is 14.7 Å². The third-order valence-electron chi connectivity index (χ3n) is 4.27. The Bertz CT molecular complexity index is 468. The molecular weight excluding hydrogens is 294 g/mol. The summed E-state index contributed by atoms with van der Waals surface area (Å²) >= 11 is 0. The fourth-order valence-electron chi connectivity index (χ4n) is 2.78. The van der Waals surface area contributed by atoms with Crippen molar-refractivity contribution in [3.05, 3.63) is 11.8 Å². The summed E-state index contributed by atoms with van der Waals surface area (Å²) in [4.78, 5) is 22.3. The average molecular weight is 321 g/mol. The molecule has 128 valence electrons. The Labute approximate surface area is 137 Å². The van der Waals surface area contributed by atoms with Gasteiger partial charge >= 0.3 is 5.97 Å². The van der Waals surface area contributed by atoms with Crippen molar-refractivity contribution in [2.75, 3.05) is 6.54 Å². The SMILES string of the molecule is CC1CCCCC1N/C=C(/C#N)C(=O)NCCCCCC(=O)O. The Morgan fingerprint density at radius 3 is 2.65 bits per heavy atom. The van der Waals surface area contributed by atoms with Crippen LogP contribution in [-0.2, 0) is 9.59 Å². The molecule has 0 aromatic carbocycles. The minimum Gasteiger partial charge on any atom is -0.481 e. The summed E-state index contributed by atoms with van der Waals surface area (Å²) in [6.07, 6.45) is 8.43. The van der Waals surface area contributed by atoms with Crippen molar-refractivity contribution in [2.45, 2.75) is 64.3 Å². The third kappa shape index (κ3) is 7.68. The monoisotopic (exact) mass is 321 g/mol. The zero-order valence-electron chi connectivity index (χ0n) is 13.8. The summed E-state index contributed by atoms with van der Waals surface area (Å²) in [5.74, 6) is -0.620. The van der Waals surface area contributed by atoms with Crippen LogP contribution in [0, 0.1) is 17.2 Å². The molecule has 1 fully saturated rings. The smallest absolute Gasteiger partial charge is 0.303 e. The number of unbranched alkanes of at least 4 members (excludes halogenated alkanes) is 2. The van der Waals surface area contributed by atoms with E-state index in [1.807, 2.05) is 6.07 Å². The van der Waals surface area contributed by atoms with Crippen LogP contribution in [0.15, 0.2) is 11.8 Å². The molecule has 0 aromatic rings. The molecule has 6 heteroatoms. The Balaban J connectivity index is 2.29. The number of hydrogen-bond acceptors (Lipinski definition) is 4. The van der Waals surface area contributed by atoms with E-state index in [0.29, 0.717) is 31.3 Å². The Kier molecular flexibility index (Phi) is 8.81. The summed E-state index contributed by atoms with van der Waals surface area (Å²) < 4.78 is 0. The largest absolute Gasteiger partial charge is 0.481 e. The number of carboxylic acid groups (broad SMARTS) is 1. The van der Waals surface area contributed by atoms with Crippen molar-refractivity contribution in [3.8, 4) is 6.07 Å². The van der Waals surface area contributed by atoms with Gasteiger partial charge in [-0.3, -0.25) is 9.59 Å². The summed E-state index contributed by atoms with van der Waals surface area (Å²) in [5, 5.41) is 23.6. The number of hydrogen-bond donors (Lipinski definition) is 3. The molecule has 2 unspecified atom stereocenters. The first-order chi connectivity index (χ1) is 11.0. The predicted molar refractivity (Wildman–Crippen MR) is 87.4 cm³/mol. The van der Waals surface area contributed by atoms with Gasteiger partial charge < -0.3 is 15.7 Å². The van der Waals surface area contributed by atoms with E-state index in [2.05, 4.69) is 17.6 Å². The molecule has 6 nitrogen and oxygen atoms in total. The first kappa shape index (κ1) is 19.0. The van der Waals surface area contributed by atoms with Crippen LogP contribution in [0.5, 0.6) is 0 Å². The van der Waals surface area contributed by atoms with E-state index in [9.17, 15) is 9.59 Å². The van der Waals surface area contributed by atoms with Gasteiger partial charge in [0.1, 0.15) is 11.6 Å². The minimum absolute atomic E-state index is 0.0910. The van der Waals surface area contributed by atoms with Crippen LogP contribution in [0.25, 0.3) is 0 Å². The van der Waals surface area contributed by atoms with Gasteiger partial charge in [0.25, 0.3) is 5.91 Å². The van der Waals surface area contributed by atoms with Gasteiger partial charge in [-0.05, 0) is 31.6 Å². The van der Waals surface area contributed by atoms with E-state index in [4.69, 9.17) is 10.4 Å². The fourth-order valence-corrected chi connectivity index (χ4v) is 2.78. The highest BCUT2D eigenvalue weighted by atomic mass is 16.4. The zero-order chi connectivity index (χ0) is 17.1. The van der Waals surface area contributed by atoms with Crippen LogP contribution < -0.4 is 10.6 Å². The van der Waals surface area contributed by atoms with E-state index >= 15 is 0 Å². The van der Waals surface area contributed by atoms with Crippen LogP contribution in [0.4, 0.5) is 0 Å². The lowest BCUT2D eigenvalue weighted by molar-refractivity contribution is -0.137. The van der Waals surface area contributed by atoms with E-state index in [1.165, 1.54) is 25.5 Å². The van der Waals surface area contributed by atoms with Gasteiger partial charge in [-0.2, -0.15) is 5.26 Å². The second-order valence-corrected chi connectivity index (χ2v) is 6.17. The van der Waals surface area contributed by atoms with Crippen molar-refractivity contribution in [2.24, 2.45) is 5.92 Å². The van der Waals surface area contributed by atoms with E-state index in [1.54, 1.807) is 0 Å². The van der Waals surface area contributed by atoms with Gasteiger partial charge in [-0.1, -0.05) is 26.2 Å². The van der Waals surface area contributed by atoms with E-state index in [0.717, 1.165) is 12.8 Å². The van der Waals surface area contributed by atoms with E-state index in [-0.39, 0.29) is 17.9 Å². The lowest BCUT2D eigenvalue weighted by Gasteiger charge is -2.29. The van der Waals surface area contributed by atoms with E-state index < -0.39 is 5.97 Å². The van der Waals surface area contributed by atoms with Crippen LogP contribution >= 0.6 is 0 Å². The average Bonchev–Trinajstić information content (AvgIpc) is 2.52. The molecule has 0 spiro atoms. The molecule has 1 aliphatic rings. The summed E-state index contributed by atoms with van der Waals surface area (Å²) in [6.45, 7) is 2.64. The molecule has 0 aromatic heterocycles. The molecule has 3 N–H and O–H groups in total. The highest BCUT2D eigenvalue weighted by molar-refractivity contribution is 5.97. The predicted octanol–water partition coefficient (Wildman–Crippen LogP) is 2.32. The Morgan fingerprint density at radius 1 is 1.26 bits per heavy atom. The highest BCUT2D eigenvalue weighted by Gasteiger charge is 2.20. The highest BCUT2D eigenvalue weighted by Crippen LogP contribution is 2.23. The van der Waals surface area contributed by atoms with Crippen LogP contribution in [0.1, 0.15) is 58.3 Å². The maximum absolute atomic E-state index is 11.9. The molecule has 0 heterocycles. The third-order valence-corrected chi connectivity index (χ3v) is 4.27. The van der Waals surface area contributed by atoms with Crippen molar-refractivity contribution in [1.29, 1.82) is 5.26 Å². The lowest BCUT2D eigenvalue weighted by atomic mass is 9.86. The van der Waals surface area contributed by atoms with Gasteiger partial charge in [-0.25, -0.2) is 0 Å².